The Morgan fingerprint density at radius 3 is 1.00 bits per heavy atom. The number of fused-ring (bicyclic) bond motifs is 8. The lowest BCUT2D eigenvalue weighted by Gasteiger charge is -2.52. The van der Waals surface area contributed by atoms with Crippen LogP contribution in [0.2, 0.25) is 0 Å². The van der Waals surface area contributed by atoms with Crippen LogP contribution in [-0.4, -0.2) is 0 Å². The van der Waals surface area contributed by atoms with Crippen molar-refractivity contribution >= 4 is 0 Å². The van der Waals surface area contributed by atoms with Crippen molar-refractivity contribution in [3.05, 3.63) is 162 Å². The van der Waals surface area contributed by atoms with Gasteiger partial charge in [0.1, 0.15) is 0 Å². The van der Waals surface area contributed by atoms with Crippen molar-refractivity contribution in [3.8, 4) is 0 Å². The quantitative estimate of drug-likeness (QED) is 0.197. The normalized spacial score (nSPS) is 34.8. The van der Waals surface area contributed by atoms with Crippen LogP contribution in [0.4, 0.5) is 0 Å². The molecule has 3 aromatic carbocycles. The van der Waals surface area contributed by atoms with E-state index in [1.54, 1.807) is 78.0 Å². The van der Waals surface area contributed by atoms with Crippen LogP contribution in [-0.2, 0) is 0 Å². The summed E-state index contributed by atoms with van der Waals surface area (Å²) in [6, 6.07) is 27.1. The van der Waals surface area contributed by atoms with Crippen molar-refractivity contribution in [2.75, 3.05) is 0 Å². The van der Waals surface area contributed by atoms with Gasteiger partial charge in [0.05, 0.1) is 0 Å². The van der Waals surface area contributed by atoms with Gasteiger partial charge in [-0.25, -0.2) is 0 Å². The van der Waals surface area contributed by atoms with E-state index in [0.29, 0.717) is 28.1 Å². The fourth-order valence-corrected chi connectivity index (χ4v) is 15.6. The van der Waals surface area contributed by atoms with Gasteiger partial charge in [-0.2, -0.15) is 0 Å². The average Bonchev–Trinajstić information content (AvgIpc) is 3.52. The smallest absolute Gasteiger partial charge is 0.0304 e. The zero-order chi connectivity index (χ0) is 46.9. The lowest BCUT2D eigenvalue weighted by molar-refractivity contribution is 0.124. The number of hydrogen-bond acceptors (Lipinski definition) is 0. The Balaban J connectivity index is 0.000000106. The lowest BCUT2D eigenvalue weighted by atomic mass is 9.53. The summed E-state index contributed by atoms with van der Waals surface area (Å²) in [5.74, 6) is 5.41. The maximum absolute atomic E-state index is 2.45. The van der Waals surface area contributed by atoms with Crippen molar-refractivity contribution in [2.45, 2.75) is 210 Å². The molecule has 2 unspecified atom stereocenters. The summed E-state index contributed by atoms with van der Waals surface area (Å²) < 4.78 is 0. The van der Waals surface area contributed by atoms with Gasteiger partial charge in [-0.15, -0.1) is 0 Å². The molecular weight excluding hydrogens is 793 g/mol. The predicted molar refractivity (Wildman–Crippen MR) is 284 cm³/mol. The first kappa shape index (κ1) is 47.4. The summed E-state index contributed by atoms with van der Waals surface area (Å²) in [6.45, 7) is 30.7. The van der Waals surface area contributed by atoms with Gasteiger partial charge in [-0.3, -0.25) is 0 Å². The summed E-state index contributed by atoms with van der Waals surface area (Å²) in [7, 11) is 0. The van der Waals surface area contributed by atoms with E-state index in [-0.39, 0.29) is 0 Å². The molecule has 0 aliphatic heterocycles. The molecule has 3 saturated carbocycles. The van der Waals surface area contributed by atoms with Gasteiger partial charge in [0, 0.05) is 23.7 Å². The fraction of sp³-hybridized carbons (Fsp3) is 0.576. The van der Waals surface area contributed by atoms with Gasteiger partial charge >= 0.3 is 0 Å². The first-order valence-electron chi connectivity index (χ1n) is 27.1. The summed E-state index contributed by atoms with van der Waals surface area (Å²) in [5.41, 5.74) is 27.8. The minimum atomic E-state index is 0.478. The summed E-state index contributed by atoms with van der Waals surface area (Å²) >= 11 is 0. The minimum absolute atomic E-state index is 0.478. The van der Waals surface area contributed by atoms with Crippen molar-refractivity contribution in [1.82, 2.24) is 0 Å². The standard InChI is InChI=1S/C19H18.C14H16.C12H20.C11H18.C10H16/c1-12-11-18-14-7-3-5-9-16(14)19(13(12)2)17-10-6-4-8-15(17)18;1-9-10(2)12-8-7-11(9)13-5-3-4-6-14(12)13;1-9-10(2)12(4)7-5-11(9,3)6-8-12;1-8-9(2)11(3)6-4-10(8)5-7-11;1-7-8(2)10-5-3-9(7)4-6-10/h3-10,18-19H,11H2,1-2H3;3-6,11-12H,7-8H2,1-2H3;5-8H2,1-4H3;10H,4-7H2,1-3H3;9-10H,3-6H2,1-2H3. The van der Waals surface area contributed by atoms with Crippen LogP contribution in [0.25, 0.3) is 0 Å². The largest absolute Gasteiger partial charge is 0.0725 e. The molecule has 0 N–H and O–H groups in total. The maximum Gasteiger partial charge on any atom is 0.0304 e. The molecule has 0 spiro atoms. The molecule has 0 aromatic heterocycles. The first-order chi connectivity index (χ1) is 31.5. The van der Waals surface area contributed by atoms with Gasteiger partial charge in [0.2, 0.25) is 0 Å². The highest BCUT2D eigenvalue weighted by atomic mass is 14.5. The van der Waals surface area contributed by atoms with Crippen LogP contribution in [0.1, 0.15) is 243 Å². The molecule has 15 aliphatic carbocycles. The van der Waals surface area contributed by atoms with E-state index in [1.165, 1.54) is 107 Å². The highest BCUT2D eigenvalue weighted by Crippen LogP contribution is 2.59. The van der Waals surface area contributed by atoms with Crippen LogP contribution in [0.15, 0.2) is 129 Å². The zero-order valence-corrected chi connectivity index (χ0v) is 44.1. The molecule has 0 heteroatoms. The van der Waals surface area contributed by atoms with Crippen LogP contribution in [0, 0.1) is 34.0 Å². The Bertz CT molecular complexity index is 2340. The Hall–Kier alpha value is -3.64. The molecule has 0 nitrogen and oxygen atoms in total. The molecule has 3 aromatic rings. The molecule has 66 heavy (non-hydrogen) atoms. The molecule has 0 amide bonds. The van der Waals surface area contributed by atoms with E-state index in [1.807, 2.05) is 0 Å². The predicted octanol–water partition coefficient (Wildman–Crippen LogP) is 19.6. The van der Waals surface area contributed by atoms with E-state index in [0.717, 1.165) is 29.6 Å². The maximum atomic E-state index is 2.45. The van der Waals surface area contributed by atoms with Gasteiger partial charge < -0.3 is 0 Å². The third-order valence-electron chi connectivity index (χ3n) is 21.7. The minimum Gasteiger partial charge on any atom is -0.0725 e. The molecule has 2 atom stereocenters. The number of hydrogen-bond donors (Lipinski definition) is 0. The second kappa shape index (κ2) is 18.4. The van der Waals surface area contributed by atoms with Crippen molar-refractivity contribution in [3.63, 3.8) is 0 Å². The van der Waals surface area contributed by atoms with Crippen molar-refractivity contribution in [1.29, 1.82) is 0 Å². The second-order valence-electron chi connectivity index (χ2n) is 24.5. The molecule has 15 aliphatic rings. The molecule has 0 heterocycles. The van der Waals surface area contributed by atoms with Gasteiger partial charge in [-0.1, -0.05) is 149 Å². The van der Waals surface area contributed by atoms with Crippen LogP contribution >= 0.6 is 0 Å². The van der Waals surface area contributed by atoms with Gasteiger partial charge in [0.25, 0.3) is 0 Å². The molecule has 0 radical (unpaired) electrons. The third kappa shape index (κ3) is 8.27. The van der Waals surface area contributed by atoms with Crippen LogP contribution in [0.5, 0.6) is 0 Å². The third-order valence-corrected chi connectivity index (χ3v) is 21.7. The van der Waals surface area contributed by atoms with E-state index in [4.69, 9.17) is 0 Å². The summed E-state index contributed by atoms with van der Waals surface area (Å²) in [4.78, 5) is 0. The molecule has 3 fully saturated rings. The fourth-order valence-electron chi connectivity index (χ4n) is 15.6. The van der Waals surface area contributed by atoms with Gasteiger partial charge in [-0.05, 0) is 233 Å². The lowest BCUT2D eigenvalue weighted by Crippen LogP contribution is -2.39. The summed E-state index contributed by atoms with van der Waals surface area (Å²) in [5, 5.41) is 0. The van der Waals surface area contributed by atoms with E-state index >= 15 is 0 Å². The van der Waals surface area contributed by atoms with Gasteiger partial charge in [0.15, 0.2) is 0 Å². The Morgan fingerprint density at radius 1 is 0.318 bits per heavy atom. The van der Waals surface area contributed by atoms with Crippen LogP contribution in [0.3, 0.4) is 0 Å². The number of rotatable bonds is 0. The SMILES string of the molecule is CC1=C(C)C2(C)CCC1(C)CC2.CC1=C(C)C2(C)CCC1CC2.CC1=C(C)C2CCC1CC2.CC1=C(C)C2CCC1c1ccccc12.CC1=C(C)C2c3ccccc3C(C1)c1ccccc12. The van der Waals surface area contributed by atoms with Crippen molar-refractivity contribution in [2.24, 2.45) is 34.0 Å². The van der Waals surface area contributed by atoms with E-state index in [9.17, 15) is 0 Å². The second-order valence-corrected chi connectivity index (χ2v) is 24.5. The Morgan fingerprint density at radius 2 is 0.652 bits per heavy atom. The average molecular weight is 881 g/mol. The first-order valence-corrected chi connectivity index (χ1v) is 27.1. The highest BCUT2D eigenvalue weighted by molar-refractivity contribution is 5.59. The van der Waals surface area contributed by atoms with Crippen molar-refractivity contribution < 1.29 is 0 Å². The topological polar surface area (TPSA) is 0 Å². The Labute approximate surface area is 404 Å². The molecule has 18 rings (SSSR count). The molecular formula is C66H88. The van der Waals surface area contributed by atoms with E-state index < -0.39 is 0 Å². The molecule has 352 valence electrons. The zero-order valence-electron chi connectivity index (χ0n) is 44.1. The number of benzene rings is 3. The molecule has 10 bridgehead atoms. The van der Waals surface area contributed by atoms with E-state index in [2.05, 4.69) is 163 Å². The summed E-state index contributed by atoms with van der Waals surface area (Å²) in [6.07, 6.45) is 21.3. The van der Waals surface area contributed by atoms with Crippen LogP contribution < -0.4 is 0 Å². The highest BCUT2D eigenvalue weighted by Gasteiger charge is 2.46. The Kier molecular flexibility index (Phi) is 13.2. The monoisotopic (exact) mass is 881 g/mol. The number of allylic oxidation sites excluding steroid dienone is 10. The molecule has 0 saturated heterocycles.